The van der Waals surface area contributed by atoms with Gasteiger partial charge in [0, 0.05) is 50.4 Å². The van der Waals surface area contributed by atoms with E-state index in [0.29, 0.717) is 25.2 Å². The lowest BCUT2D eigenvalue weighted by atomic mass is 10.0. The number of carbonyl (C=O) groups excluding carboxylic acids is 1. The molecule has 36 heavy (non-hydrogen) atoms. The number of fused-ring (bicyclic) bond motifs is 1. The highest BCUT2D eigenvalue weighted by Crippen LogP contribution is 2.31. The molecule has 0 bridgehead atoms. The number of amides is 1. The summed E-state index contributed by atoms with van der Waals surface area (Å²) in [5.41, 5.74) is 4.51. The van der Waals surface area contributed by atoms with E-state index in [2.05, 4.69) is 16.0 Å². The van der Waals surface area contributed by atoms with Gasteiger partial charge in [0.1, 0.15) is 6.61 Å². The van der Waals surface area contributed by atoms with E-state index in [1.807, 2.05) is 29.2 Å². The molecule has 0 fully saturated rings. The first-order valence-electron chi connectivity index (χ1n) is 12.6. The van der Waals surface area contributed by atoms with Crippen molar-refractivity contribution in [3.63, 3.8) is 0 Å². The molecule has 2 heterocycles. The molecule has 0 saturated carbocycles. The largest absolute Gasteiger partial charge is 0.505 e. The fourth-order valence-electron chi connectivity index (χ4n) is 4.80. The van der Waals surface area contributed by atoms with Gasteiger partial charge in [-0.2, -0.15) is 0 Å². The minimum atomic E-state index is -0.612. The van der Waals surface area contributed by atoms with Crippen LogP contribution in [0.2, 0.25) is 0 Å². The van der Waals surface area contributed by atoms with Crippen LogP contribution >= 0.6 is 0 Å². The number of anilines is 1. The number of ether oxygens (including phenoxy) is 1. The van der Waals surface area contributed by atoms with E-state index >= 15 is 0 Å². The van der Waals surface area contributed by atoms with Crippen LogP contribution in [-0.2, 0) is 22.6 Å². The van der Waals surface area contributed by atoms with Gasteiger partial charge in [0.2, 0.25) is 0 Å². The first-order chi connectivity index (χ1) is 17.6. The predicted octanol–water partition coefficient (Wildman–Crippen LogP) is 5.54. The highest BCUT2D eigenvalue weighted by atomic mass is 19.1. The molecule has 0 atom stereocenters. The van der Waals surface area contributed by atoms with Gasteiger partial charge in [-0.15, -0.1) is 0 Å². The maximum absolute atomic E-state index is 14.1. The van der Waals surface area contributed by atoms with Crippen LogP contribution in [0.4, 0.5) is 10.1 Å². The molecule has 0 radical (unpaired) electrons. The molecular formula is C29H34FN3O3. The van der Waals surface area contributed by atoms with Crippen molar-refractivity contribution < 1.29 is 19.0 Å². The predicted molar refractivity (Wildman–Crippen MR) is 139 cm³/mol. The van der Waals surface area contributed by atoms with Crippen molar-refractivity contribution in [2.45, 2.75) is 45.2 Å². The number of halogens is 1. The number of hydrogen-bond donors (Lipinski definition) is 1. The number of para-hydroxylation sites is 1. The average Bonchev–Trinajstić information content (AvgIpc) is 2.88. The van der Waals surface area contributed by atoms with Crippen molar-refractivity contribution in [3.8, 4) is 16.9 Å². The summed E-state index contributed by atoms with van der Waals surface area (Å²) in [6.45, 7) is 2.43. The lowest BCUT2D eigenvalue weighted by molar-refractivity contribution is -0.122. The Balaban J connectivity index is 1.75. The molecule has 2 aromatic carbocycles. The molecule has 0 spiro atoms. The van der Waals surface area contributed by atoms with Crippen LogP contribution in [0, 0.1) is 5.82 Å². The number of nitrogens with zero attached hydrogens (tertiary/aromatic N) is 3. The summed E-state index contributed by atoms with van der Waals surface area (Å²) >= 11 is 0. The number of carbonyl (C=O) groups is 1. The Bertz CT molecular complexity index is 1160. The summed E-state index contributed by atoms with van der Waals surface area (Å²) in [5, 5.41) is 10.3. The minimum absolute atomic E-state index is 0.0203. The van der Waals surface area contributed by atoms with Crippen LogP contribution in [0.1, 0.15) is 43.2 Å². The normalized spacial score (nSPS) is 15.6. The topological polar surface area (TPSA) is 65.9 Å². The fraction of sp³-hybridized carbons (Fsp3) is 0.379. The number of rotatable bonds is 5. The number of hydrogen-bond acceptors (Lipinski definition) is 5. The second-order valence-corrected chi connectivity index (χ2v) is 9.28. The lowest BCUT2D eigenvalue weighted by Gasteiger charge is -2.30. The average molecular weight is 492 g/mol. The highest BCUT2D eigenvalue weighted by Gasteiger charge is 2.22. The molecule has 1 amide bonds. The Morgan fingerprint density at radius 1 is 1.00 bits per heavy atom. The zero-order valence-electron chi connectivity index (χ0n) is 20.8. The van der Waals surface area contributed by atoms with Gasteiger partial charge in [0.05, 0.1) is 0 Å². The molecule has 1 aliphatic rings. The summed E-state index contributed by atoms with van der Waals surface area (Å²) in [4.78, 5) is 21.3. The zero-order valence-corrected chi connectivity index (χ0v) is 20.8. The quantitative estimate of drug-likeness (QED) is 0.508. The summed E-state index contributed by atoms with van der Waals surface area (Å²) in [7, 11) is 1.54. The lowest BCUT2D eigenvalue weighted by Crippen LogP contribution is -2.36. The molecule has 1 aromatic heterocycles. The number of aromatic hydroxyl groups is 1. The number of aromatic nitrogens is 1. The molecule has 190 valence electrons. The Kier molecular flexibility index (Phi) is 9.03. The number of methoxy groups -OCH3 is 1. The smallest absolute Gasteiger partial charge is 0.252 e. The SMILES string of the molecule is COCC(=O)N1CCCCCCCN(Cc2cccc(F)c2O)Cc2cc(-c3ccncc3)ccc21. The standard InChI is InChI=1S/C29H34FN3O3/c1-36-21-28(34)33-17-6-4-2-3-5-16-32(19-24-8-7-9-26(30)29(24)35)20-25-18-23(10-11-27(25)33)22-12-14-31-15-13-22/h7-15,18,35H,2-6,16-17,19-21H2,1H3. The highest BCUT2D eigenvalue weighted by molar-refractivity contribution is 5.95. The maximum Gasteiger partial charge on any atom is 0.252 e. The Morgan fingerprint density at radius 3 is 2.53 bits per heavy atom. The van der Waals surface area contributed by atoms with Crippen LogP contribution in [0.15, 0.2) is 60.9 Å². The number of phenolic OH excluding ortho intramolecular Hbond substituents is 1. The number of benzene rings is 2. The Labute approximate surface area is 212 Å². The molecule has 0 aliphatic carbocycles. The summed E-state index contributed by atoms with van der Waals surface area (Å²) in [6, 6.07) is 14.8. The fourth-order valence-corrected chi connectivity index (χ4v) is 4.80. The monoisotopic (exact) mass is 491 g/mol. The van der Waals surface area contributed by atoms with Crippen molar-refractivity contribution in [2.24, 2.45) is 0 Å². The van der Waals surface area contributed by atoms with E-state index in [1.165, 1.54) is 13.2 Å². The Hall–Kier alpha value is -3.29. The van der Waals surface area contributed by atoms with Crippen molar-refractivity contribution in [3.05, 3.63) is 77.9 Å². The molecule has 0 unspecified atom stereocenters. The molecular weight excluding hydrogens is 457 g/mol. The summed E-state index contributed by atoms with van der Waals surface area (Å²) in [5.74, 6) is -0.980. The molecule has 1 N–H and O–H groups in total. The third kappa shape index (κ3) is 6.47. The molecule has 3 aromatic rings. The minimum Gasteiger partial charge on any atom is -0.505 e. The van der Waals surface area contributed by atoms with E-state index in [1.54, 1.807) is 24.5 Å². The second kappa shape index (κ2) is 12.6. The third-order valence-corrected chi connectivity index (χ3v) is 6.67. The molecule has 7 heteroatoms. The van der Waals surface area contributed by atoms with Gasteiger partial charge < -0.3 is 14.7 Å². The molecule has 6 nitrogen and oxygen atoms in total. The summed E-state index contributed by atoms with van der Waals surface area (Å²) < 4.78 is 19.2. The van der Waals surface area contributed by atoms with E-state index in [9.17, 15) is 14.3 Å². The van der Waals surface area contributed by atoms with Gasteiger partial charge in [0.15, 0.2) is 11.6 Å². The van der Waals surface area contributed by atoms with Crippen LogP contribution in [0.5, 0.6) is 5.75 Å². The van der Waals surface area contributed by atoms with E-state index in [0.717, 1.165) is 61.0 Å². The maximum atomic E-state index is 14.1. The number of pyridine rings is 1. The van der Waals surface area contributed by atoms with Gasteiger partial charge in [-0.25, -0.2) is 4.39 Å². The van der Waals surface area contributed by atoms with E-state index in [-0.39, 0.29) is 18.3 Å². The Morgan fingerprint density at radius 2 is 1.75 bits per heavy atom. The van der Waals surface area contributed by atoms with E-state index in [4.69, 9.17) is 4.74 Å². The second-order valence-electron chi connectivity index (χ2n) is 9.28. The van der Waals surface area contributed by atoms with Gasteiger partial charge in [0.25, 0.3) is 5.91 Å². The van der Waals surface area contributed by atoms with Crippen LogP contribution in [0.25, 0.3) is 11.1 Å². The summed E-state index contributed by atoms with van der Waals surface area (Å²) in [6.07, 6.45) is 8.71. The van der Waals surface area contributed by atoms with Gasteiger partial charge in [-0.1, -0.05) is 37.5 Å². The molecule has 0 saturated heterocycles. The number of phenols is 1. The molecule has 4 rings (SSSR count). The first kappa shape index (κ1) is 25.8. The third-order valence-electron chi connectivity index (χ3n) is 6.67. The van der Waals surface area contributed by atoms with Crippen LogP contribution < -0.4 is 4.90 Å². The van der Waals surface area contributed by atoms with Gasteiger partial charge in [-0.3, -0.25) is 14.7 Å². The van der Waals surface area contributed by atoms with Crippen LogP contribution in [-0.4, -0.2) is 47.7 Å². The van der Waals surface area contributed by atoms with Crippen molar-refractivity contribution in [1.82, 2.24) is 9.88 Å². The van der Waals surface area contributed by atoms with Crippen LogP contribution in [0.3, 0.4) is 0 Å². The van der Waals surface area contributed by atoms with Crippen molar-refractivity contribution in [2.75, 3.05) is 31.7 Å². The molecule has 1 aliphatic heterocycles. The van der Waals surface area contributed by atoms with E-state index < -0.39 is 5.82 Å². The van der Waals surface area contributed by atoms with Gasteiger partial charge in [-0.05, 0) is 66.4 Å². The zero-order chi connectivity index (χ0) is 25.3. The first-order valence-corrected chi connectivity index (χ1v) is 12.6. The van der Waals surface area contributed by atoms with Crippen molar-refractivity contribution in [1.29, 1.82) is 0 Å². The van der Waals surface area contributed by atoms with Crippen molar-refractivity contribution >= 4 is 11.6 Å². The van der Waals surface area contributed by atoms with Gasteiger partial charge >= 0.3 is 0 Å².